The molecule has 0 saturated heterocycles. The van der Waals surface area contributed by atoms with Gasteiger partial charge in [-0.3, -0.25) is 4.79 Å². The summed E-state index contributed by atoms with van der Waals surface area (Å²) in [5, 5.41) is 56.8. The molecule has 0 radical (unpaired) electrons. The van der Waals surface area contributed by atoms with E-state index in [4.69, 9.17) is 9.84 Å². The lowest BCUT2D eigenvalue weighted by atomic mass is 10.0. The molecule has 0 aliphatic carbocycles. The number of unbranched alkanes of at least 4 members (excludes halogenated alkanes) is 20. The van der Waals surface area contributed by atoms with Crippen LogP contribution in [0, 0.1) is 0 Å². The molecule has 8 nitrogen and oxygen atoms in total. The van der Waals surface area contributed by atoms with Crippen molar-refractivity contribution >= 4 is 5.97 Å². The van der Waals surface area contributed by atoms with E-state index in [2.05, 4.69) is 6.92 Å². The molecule has 38 heavy (non-hydrogen) atoms. The lowest BCUT2D eigenvalue weighted by Crippen LogP contribution is -2.50. The van der Waals surface area contributed by atoms with Gasteiger partial charge in [0.15, 0.2) is 0 Å². The minimum absolute atomic E-state index is 0.0841. The van der Waals surface area contributed by atoms with E-state index in [-0.39, 0.29) is 6.42 Å². The number of hydrogen-bond donors (Lipinski definition) is 6. The molecular weight excluding hydrogens is 488 g/mol. The predicted octanol–water partition coefficient (Wildman–Crippen LogP) is 4.89. The van der Waals surface area contributed by atoms with Gasteiger partial charge in [0.05, 0.1) is 6.61 Å². The van der Waals surface area contributed by atoms with Crippen molar-refractivity contribution in [2.75, 3.05) is 6.61 Å². The monoisotopic (exact) mass is 548 g/mol. The number of aliphatic hydroxyl groups excluding tert-OH is 6. The number of carbonyl (C=O) groups is 1. The number of aliphatic hydroxyl groups is 6. The van der Waals surface area contributed by atoms with Crippen LogP contribution in [0.2, 0.25) is 0 Å². The molecular formula is C30H60O8. The smallest absolute Gasteiger partial charge is 0.308 e. The molecule has 0 heterocycles. The Balaban J connectivity index is 3.46. The van der Waals surface area contributed by atoms with Crippen molar-refractivity contribution in [1.29, 1.82) is 0 Å². The van der Waals surface area contributed by atoms with Gasteiger partial charge in [-0.1, -0.05) is 135 Å². The third-order valence-electron chi connectivity index (χ3n) is 7.31. The van der Waals surface area contributed by atoms with E-state index >= 15 is 0 Å². The Morgan fingerprint density at radius 2 is 0.868 bits per heavy atom. The van der Waals surface area contributed by atoms with Gasteiger partial charge in [-0.05, 0) is 6.42 Å². The molecule has 0 spiro atoms. The molecule has 228 valence electrons. The second-order valence-electron chi connectivity index (χ2n) is 10.9. The van der Waals surface area contributed by atoms with E-state index in [9.17, 15) is 30.3 Å². The SMILES string of the molecule is CCCCCCCCCCCCCCCCCCCCCCCC(=O)OC(O)[C@H](O)[C@H](O)[C@H](O)[C@H](O)CO. The standard InChI is InChI=1S/C30H60O8/c1-2-3-4-5-6-7-8-9-10-11-12-13-14-15-16-17-18-19-20-21-22-23-26(33)38-30(37)29(36)28(35)27(34)25(32)24-31/h25,27-32,34-37H,2-24H2,1H3/t25-,27-,28-,29-,30?/m1/s1. The molecule has 0 fully saturated rings. The molecule has 8 heteroatoms. The van der Waals surface area contributed by atoms with Gasteiger partial charge in [0.25, 0.3) is 0 Å². The fourth-order valence-electron chi connectivity index (χ4n) is 4.67. The summed E-state index contributed by atoms with van der Waals surface area (Å²) < 4.78 is 4.69. The second-order valence-corrected chi connectivity index (χ2v) is 10.9. The van der Waals surface area contributed by atoms with Crippen LogP contribution in [0.3, 0.4) is 0 Å². The average Bonchev–Trinajstić information content (AvgIpc) is 2.92. The highest BCUT2D eigenvalue weighted by Crippen LogP contribution is 2.16. The van der Waals surface area contributed by atoms with Crippen LogP contribution in [0.15, 0.2) is 0 Å². The summed E-state index contributed by atoms with van der Waals surface area (Å²) in [6, 6.07) is 0. The summed E-state index contributed by atoms with van der Waals surface area (Å²) in [5.41, 5.74) is 0. The largest absolute Gasteiger partial charge is 0.433 e. The van der Waals surface area contributed by atoms with Crippen molar-refractivity contribution < 1.29 is 40.2 Å². The van der Waals surface area contributed by atoms with Crippen LogP contribution in [0.4, 0.5) is 0 Å². The zero-order valence-corrected chi connectivity index (χ0v) is 24.1. The van der Waals surface area contributed by atoms with Gasteiger partial charge in [0.2, 0.25) is 6.29 Å². The minimum Gasteiger partial charge on any atom is -0.433 e. The lowest BCUT2D eigenvalue weighted by Gasteiger charge is -2.28. The zero-order valence-electron chi connectivity index (χ0n) is 24.1. The summed E-state index contributed by atoms with van der Waals surface area (Å²) in [4.78, 5) is 11.8. The molecule has 1 unspecified atom stereocenters. The van der Waals surface area contributed by atoms with Gasteiger partial charge in [-0.25, -0.2) is 0 Å². The number of hydrogen-bond acceptors (Lipinski definition) is 8. The van der Waals surface area contributed by atoms with Crippen molar-refractivity contribution in [2.45, 2.75) is 179 Å². The van der Waals surface area contributed by atoms with Gasteiger partial charge in [0.1, 0.15) is 24.4 Å². The fourth-order valence-corrected chi connectivity index (χ4v) is 4.67. The Morgan fingerprint density at radius 1 is 0.526 bits per heavy atom. The number of ether oxygens (including phenoxy) is 1. The van der Waals surface area contributed by atoms with Crippen molar-refractivity contribution in [3.05, 3.63) is 0 Å². The molecule has 0 aliphatic heterocycles. The third-order valence-corrected chi connectivity index (χ3v) is 7.31. The van der Waals surface area contributed by atoms with Crippen LogP contribution < -0.4 is 0 Å². The molecule has 0 rings (SSSR count). The third kappa shape index (κ3) is 21.1. The summed E-state index contributed by atoms with van der Waals surface area (Å²) in [7, 11) is 0. The number of rotatable bonds is 28. The quantitative estimate of drug-likeness (QED) is 0.0460. The van der Waals surface area contributed by atoms with Crippen LogP contribution in [-0.4, -0.2) is 73.9 Å². The van der Waals surface area contributed by atoms with Crippen LogP contribution in [0.25, 0.3) is 0 Å². The minimum atomic E-state index is -2.03. The zero-order chi connectivity index (χ0) is 28.4. The van der Waals surface area contributed by atoms with Gasteiger partial charge in [0, 0.05) is 6.42 Å². The van der Waals surface area contributed by atoms with Crippen molar-refractivity contribution in [1.82, 2.24) is 0 Å². The molecule has 0 aromatic heterocycles. The van der Waals surface area contributed by atoms with E-state index in [1.807, 2.05) is 0 Å². The van der Waals surface area contributed by atoms with E-state index in [0.29, 0.717) is 6.42 Å². The Labute approximate surface area is 231 Å². The van der Waals surface area contributed by atoms with Crippen LogP contribution in [0.5, 0.6) is 0 Å². The molecule has 0 aromatic carbocycles. The Hall–Kier alpha value is -0.770. The second kappa shape index (κ2) is 26.5. The molecule has 5 atom stereocenters. The van der Waals surface area contributed by atoms with Gasteiger partial charge in [-0.2, -0.15) is 0 Å². The Bertz CT molecular complexity index is 518. The summed E-state index contributed by atoms with van der Waals surface area (Å²) in [6.45, 7) is 1.44. The average molecular weight is 549 g/mol. The lowest BCUT2D eigenvalue weighted by molar-refractivity contribution is -0.213. The first-order chi connectivity index (χ1) is 18.3. The van der Waals surface area contributed by atoms with E-state index in [1.165, 1.54) is 109 Å². The molecule has 0 aliphatic rings. The predicted molar refractivity (Wildman–Crippen MR) is 150 cm³/mol. The Kier molecular flexibility index (Phi) is 25.9. The van der Waals surface area contributed by atoms with Crippen LogP contribution in [0.1, 0.15) is 148 Å². The van der Waals surface area contributed by atoms with Gasteiger partial charge >= 0.3 is 5.97 Å². The summed E-state index contributed by atoms with van der Waals surface area (Å²) in [5.74, 6) is -0.709. The van der Waals surface area contributed by atoms with Crippen molar-refractivity contribution in [3.8, 4) is 0 Å². The maximum absolute atomic E-state index is 11.8. The fraction of sp³-hybridized carbons (Fsp3) is 0.967. The normalized spacial score (nSPS) is 15.7. The highest BCUT2D eigenvalue weighted by molar-refractivity contribution is 5.69. The first-order valence-electron chi connectivity index (χ1n) is 15.6. The van der Waals surface area contributed by atoms with E-state index in [0.717, 1.165) is 19.3 Å². The van der Waals surface area contributed by atoms with Crippen molar-refractivity contribution in [2.24, 2.45) is 0 Å². The number of carbonyl (C=O) groups excluding carboxylic acids is 1. The van der Waals surface area contributed by atoms with Crippen LogP contribution >= 0.6 is 0 Å². The molecule has 0 amide bonds. The highest BCUT2D eigenvalue weighted by Gasteiger charge is 2.35. The molecule has 0 aromatic rings. The number of esters is 1. The molecule has 0 saturated carbocycles. The first-order valence-corrected chi connectivity index (χ1v) is 15.6. The first kappa shape index (κ1) is 37.2. The van der Waals surface area contributed by atoms with Crippen molar-refractivity contribution in [3.63, 3.8) is 0 Å². The summed E-state index contributed by atoms with van der Waals surface area (Å²) in [6.07, 6.45) is 17.3. The van der Waals surface area contributed by atoms with Crippen LogP contribution in [-0.2, 0) is 9.53 Å². The highest BCUT2D eigenvalue weighted by atomic mass is 16.6. The Morgan fingerprint density at radius 3 is 1.21 bits per heavy atom. The van der Waals surface area contributed by atoms with E-state index in [1.54, 1.807) is 0 Å². The summed E-state index contributed by atoms with van der Waals surface area (Å²) >= 11 is 0. The van der Waals surface area contributed by atoms with Gasteiger partial charge in [-0.15, -0.1) is 0 Å². The maximum atomic E-state index is 11.8. The van der Waals surface area contributed by atoms with Gasteiger partial charge < -0.3 is 35.4 Å². The topological polar surface area (TPSA) is 148 Å². The maximum Gasteiger partial charge on any atom is 0.308 e. The van der Waals surface area contributed by atoms with E-state index < -0.39 is 43.3 Å². The molecule has 0 bridgehead atoms. The molecule has 6 N–H and O–H groups in total.